The van der Waals surface area contributed by atoms with Crippen LogP contribution in [-0.2, 0) is 6.42 Å². The monoisotopic (exact) mass is 284 g/mol. The summed E-state index contributed by atoms with van der Waals surface area (Å²) in [6.07, 6.45) is 3.48. The normalized spacial score (nSPS) is 31.2. The third kappa shape index (κ3) is 1.85. The van der Waals surface area contributed by atoms with E-state index >= 15 is 0 Å². The van der Waals surface area contributed by atoms with Gasteiger partial charge in [-0.3, -0.25) is 0 Å². The van der Waals surface area contributed by atoms with Crippen LogP contribution in [0.2, 0.25) is 0 Å². The van der Waals surface area contributed by atoms with Gasteiger partial charge in [0, 0.05) is 5.39 Å². The van der Waals surface area contributed by atoms with E-state index in [0.717, 1.165) is 42.0 Å². The summed E-state index contributed by atoms with van der Waals surface area (Å²) < 4.78 is 14.5. The first-order chi connectivity index (χ1) is 9.98. The predicted molar refractivity (Wildman–Crippen MR) is 83.1 cm³/mol. The number of benzene rings is 2. The summed E-state index contributed by atoms with van der Waals surface area (Å²) in [5.41, 5.74) is 3.77. The lowest BCUT2D eigenvalue weighted by Crippen LogP contribution is -2.27. The quantitative estimate of drug-likeness (QED) is 0.756. The van der Waals surface area contributed by atoms with Crippen molar-refractivity contribution >= 4 is 10.8 Å². The number of aryl methyl sites for hydroxylation is 2. The number of rotatable bonds is 0. The number of hydrogen-bond donors (Lipinski definition) is 1. The van der Waals surface area contributed by atoms with Crippen molar-refractivity contribution in [3.8, 4) is 0 Å². The van der Waals surface area contributed by atoms with E-state index in [1.54, 1.807) is 6.07 Å². The molecular formula is C19H21FO. The Hall–Kier alpha value is -1.41. The first-order valence-electron chi connectivity index (χ1n) is 7.88. The van der Waals surface area contributed by atoms with Gasteiger partial charge < -0.3 is 5.11 Å². The Morgan fingerprint density at radius 2 is 2.05 bits per heavy atom. The molecule has 0 bridgehead atoms. The van der Waals surface area contributed by atoms with E-state index in [1.165, 1.54) is 11.1 Å². The first kappa shape index (κ1) is 13.3. The fourth-order valence-corrected chi connectivity index (χ4v) is 4.67. The predicted octanol–water partition coefficient (Wildman–Crippen LogP) is 4.48. The van der Waals surface area contributed by atoms with Gasteiger partial charge in [0.15, 0.2) is 0 Å². The average molecular weight is 284 g/mol. The van der Waals surface area contributed by atoms with Crippen LogP contribution in [0.1, 0.15) is 48.8 Å². The van der Waals surface area contributed by atoms with Crippen molar-refractivity contribution in [2.45, 2.75) is 51.6 Å². The van der Waals surface area contributed by atoms with E-state index in [1.807, 2.05) is 12.1 Å². The van der Waals surface area contributed by atoms with E-state index in [0.29, 0.717) is 5.92 Å². The number of aliphatic hydroxyl groups excluding tert-OH is 1. The minimum Gasteiger partial charge on any atom is -0.393 e. The van der Waals surface area contributed by atoms with Crippen LogP contribution in [-0.4, -0.2) is 11.2 Å². The van der Waals surface area contributed by atoms with Crippen LogP contribution in [0.3, 0.4) is 0 Å². The van der Waals surface area contributed by atoms with Gasteiger partial charge in [-0.05, 0) is 66.5 Å². The van der Waals surface area contributed by atoms with Crippen LogP contribution in [0, 0.1) is 18.2 Å². The second-order valence-electron chi connectivity index (χ2n) is 7.28. The number of hydrogen-bond acceptors (Lipinski definition) is 1. The molecule has 0 radical (unpaired) electrons. The Balaban J connectivity index is 1.99. The van der Waals surface area contributed by atoms with E-state index < -0.39 is 0 Å². The van der Waals surface area contributed by atoms with Crippen LogP contribution < -0.4 is 0 Å². The van der Waals surface area contributed by atoms with Crippen molar-refractivity contribution in [3.63, 3.8) is 0 Å². The molecule has 1 nitrogen and oxygen atoms in total. The molecule has 2 aromatic carbocycles. The summed E-state index contributed by atoms with van der Waals surface area (Å²) in [5, 5.41) is 11.9. The molecule has 1 fully saturated rings. The lowest BCUT2D eigenvalue weighted by atomic mass is 9.66. The third-order valence-corrected chi connectivity index (χ3v) is 5.76. The SMILES string of the molecule is Cc1ccc2c(F)cc3c(c2c1)CC[C@]1(C)C[C@H](O)C[C@@H]31. The van der Waals surface area contributed by atoms with Gasteiger partial charge in [-0.2, -0.15) is 0 Å². The third-order valence-electron chi connectivity index (χ3n) is 5.76. The molecule has 110 valence electrons. The van der Waals surface area contributed by atoms with Crippen molar-refractivity contribution in [2.24, 2.45) is 5.41 Å². The highest BCUT2D eigenvalue weighted by molar-refractivity contribution is 5.88. The Kier molecular flexibility index (Phi) is 2.71. The first-order valence-corrected chi connectivity index (χ1v) is 7.88. The van der Waals surface area contributed by atoms with Gasteiger partial charge in [-0.15, -0.1) is 0 Å². The van der Waals surface area contributed by atoms with E-state index in [9.17, 15) is 9.50 Å². The molecule has 0 amide bonds. The van der Waals surface area contributed by atoms with Crippen LogP contribution >= 0.6 is 0 Å². The van der Waals surface area contributed by atoms with Gasteiger partial charge in [-0.1, -0.05) is 30.7 Å². The van der Waals surface area contributed by atoms with Gasteiger partial charge in [0.05, 0.1) is 6.10 Å². The molecule has 0 unspecified atom stereocenters. The smallest absolute Gasteiger partial charge is 0.131 e. The van der Waals surface area contributed by atoms with Crippen molar-refractivity contribution in [3.05, 3.63) is 46.8 Å². The van der Waals surface area contributed by atoms with Crippen LogP contribution in [0.4, 0.5) is 4.39 Å². The minimum absolute atomic E-state index is 0.116. The van der Waals surface area contributed by atoms with Crippen molar-refractivity contribution in [1.82, 2.24) is 0 Å². The van der Waals surface area contributed by atoms with Crippen molar-refractivity contribution in [1.29, 1.82) is 0 Å². The summed E-state index contributed by atoms with van der Waals surface area (Å²) >= 11 is 0. The average Bonchev–Trinajstić information content (AvgIpc) is 2.73. The molecule has 3 atom stereocenters. The van der Waals surface area contributed by atoms with Crippen molar-refractivity contribution in [2.75, 3.05) is 0 Å². The lowest BCUT2D eigenvalue weighted by Gasteiger charge is -2.38. The Morgan fingerprint density at radius 3 is 2.86 bits per heavy atom. The molecule has 4 rings (SSSR count). The summed E-state index contributed by atoms with van der Waals surface area (Å²) in [5.74, 6) is 0.185. The Morgan fingerprint density at radius 1 is 1.24 bits per heavy atom. The summed E-state index contributed by atoms with van der Waals surface area (Å²) in [7, 11) is 0. The van der Waals surface area contributed by atoms with Crippen LogP contribution in [0.5, 0.6) is 0 Å². The zero-order valence-electron chi connectivity index (χ0n) is 12.6. The van der Waals surface area contributed by atoms with Gasteiger partial charge in [0.25, 0.3) is 0 Å². The van der Waals surface area contributed by atoms with E-state index in [-0.39, 0.29) is 17.3 Å². The van der Waals surface area contributed by atoms with Gasteiger partial charge in [-0.25, -0.2) is 4.39 Å². The zero-order chi connectivity index (χ0) is 14.8. The van der Waals surface area contributed by atoms with Crippen LogP contribution in [0.25, 0.3) is 10.8 Å². The Labute approximate surface area is 124 Å². The number of fused-ring (bicyclic) bond motifs is 5. The molecule has 2 heteroatoms. The van der Waals surface area contributed by atoms with Gasteiger partial charge in [0.2, 0.25) is 0 Å². The van der Waals surface area contributed by atoms with Gasteiger partial charge >= 0.3 is 0 Å². The molecule has 0 saturated heterocycles. The molecule has 2 aromatic rings. The van der Waals surface area contributed by atoms with E-state index in [4.69, 9.17) is 0 Å². The van der Waals surface area contributed by atoms with Crippen molar-refractivity contribution < 1.29 is 9.50 Å². The maximum atomic E-state index is 14.5. The molecular weight excluding hydrogens is 263 g/mol. The Bertz CT molecular complexity index is 736. The van der Waals surface area contributed by atoms with Gasteiger partial charge in [0.1, 0.15) is 5.82 Å². The molecule has 0 spiro atoms. The van der Waals surface area contributed by atoms with E-state index in [2.05, 4.69) is 19.9 Å². The molecule has 1 saturated carbocycles. The topological polar surface area (TPSA) is 20.2 Å². The minimum atomic E-state index is -0.234. The summed E-state index contributed by atoms with van der Waals surface area (Å²) in [6.45, 7) is 4.32. The molecule has 0 aliphatic heterocycles. The molecule has 2 aliphatic rings. The fraction of sp³-hybridized carbons (Fsp3) is 0.474. The fourth-order valence-electron chi connectivity index (χ4n) is 4.67. The number of aliphatic hydroxyl groups is 1. The largest absolute Gasteiger partial charge is 0.393 e. The highest BCUT2D eigenvalue weighted by atomic mass is 19.1. The standard InChI is InChI=1S/C19H21FO/c1-11-3-4-14-15(7-11)13-5-6-19(2)10-12(21)8-17(19)16(13)9-18(14)20/h3-4,7,9,12,17,21H,5-6,8,10H2,1-2H3/t12-,17+,19-/m1/s1. The molecule has 0 heterocycles. The number of halogens is 1. The highest BCUT2D eigenvalue weighted by Gasteiger charge is 2.47. The second kappa shape index (κ2) is 4.30. The second-order valence-corrected chi connectivity index (χ2v) is 7.28. The summed E-state index contributed by atoms with van der Waals surface area (Å²) in [6, 6.07) is 7.74. The summed E-state index contributed by atoms with van der Waals surface area (Å²) in [4.78, 5) is 0. The molecule has 2 aliphatic carbocycles. The lowest BCUT2D eigenvalue weighted by molar-refractivity contribution is 0.159. The van der Waals surface area contributed by atoms with Crippen LogP contribution in [0.15, 0.2) is 24.3 Å². The molecule has 21 heavy (non-hydrogen) atoms. The zero-order valence-corrected chi connectivity index (χ0v) is 12.6. The molecule has 0 aromatic heterocycles. The maximum absolute atomic E-state index is 14.5. The molecule has 1 N–H and O–H groups in total. The highest BCUT2D eigenvalue weighted by Crippen LogP contribution is 2.56. The maximum Gasteiger partial charge on any atom is 0.131 e.